The Kier molecular flexibility index (Phi) is 10.3. The smallest absolute Gasteiger partial charge is 0.191 e. The van der Waals surface area contributed by atoms with Crippen LogP contribution in [0.2, 0.25) is 0 Å². The summed E-state index contributed by atoms with van der Waals surface area (Å²) < 4.78 is 13.2. The van der Waals surface area contributed by atoms with Crippen molar-refractivity contribution in [2.45, 2.75) is 39.2 Å². The number of halogens is 2. The van der Waals surface area contributed by atoms with Crippen molar-refractivity contribution in [3.63, 3.8) is 0 Å². The fourth-order valence-electron chi connectivity index (χ4n) is 3.30. The Hall–Kier alpha value is -0.890. The molecule has 6 heteroatoms. The van der Waals surface area contributed by atoms with Crippen LogP contribution in [0, 0.1) is 11.7 Å². The number of nitrogens with zero attached hydrogens (tertiary/aromatic N) is 2. The molecule has 1 fully saturated rings. The number of rotatable bonds is 7. The van der Waals surface area contributed by atoms with Crippen molar-refractivity contribution >= 4 is 29.9 Å². The van der Waals surface area contributed by atoms with E-state index in [1.165, 1.54) is 32.0 Å². The second-order valence-corrected chi connectivity index (χ2v) is 6.81. The minimum atomic E-state index is -0.180. The number of hydrogen-bond donors (Lipinski definition) is 2. The molecule has 0 spiro atoms. The maximum Gasteiger partial charge on any atom is 0.191 e. The van der Waals surface area contributed by atoms with Gasteiger partial charge in [0.05, 0.1) is 0 Å². The highest BCUT2D eigenvalue weighted by Crippen LogP contribution is 2.17. The van der Waals surface area contributed by atoms with E-state index in [0.29, 0.717) is 12.0 Å². The van der Waals surface area contributed by atoms with Crippen molar-refractivity contribution < 1.29 is 4.39 Å². The Morgan fingerprint density at radius 1 is 1.24 bits per heavy atom. The molecule has 1 aliphatic heterocycles. The molecule has 1 aromatic rings. The molecule has 1 unspecified atom stereocenters. The van der Waals surface area contributed by atoms with Gasteiger partial charge in [0.25, 0.3) is 0 Å². The predicted octanol–water partition coefficient (Wildman–Crippen LogP) is 3.27. The molecule has 2 N–H and O–H groups in total. The van der Waals surface area contributed by atoms with Crippen LogP contribution in [0.15, 0.2) is 29.3 Å². The van der Waals surface area contributed by atoms with Crippen molar-refractivity contribution in [3.8, 4) is 0 Å². The molecular weight excluding hydrogens is 430 g/mol. The molecule has 0 saturated carbocycles. The number of nitrogens with one attached hydrogen (secondary N) is 2. The van der Waals surface area contributed by atoms with Crippen molar-refractivity contribution in [1.82, 2.24) is 15.5 Å². The van der Waals surface area contributed by atoms with Crippen LogP contribution in [0.4, 0.5) is 4.39 Å². The standard InChI is InChI=1S/C19H31FN4.HI/c1-15(2)18(24-11-4-5-12-24)14-23-19(21-3)22-10-9-16-7-6-8-17(20)13-16;/h6-8,13,15,18H,4-5,9-12,14H2,1-3H3,(H2,21,22,23);1H. The van der Waals surface area contributed by atoms with Gasteiger partial charge in [0.1, 0.15) is 5.82 Å². The molecule has 1 aliphatic rings. The number of guanidine groups is 1. The maximum absolute atomic E-state index is 13.2. The summed E-state index contributed by atoms with van der Waals surface area (Å²) in [6.45, 7) is 8.61. The second-order valence-electron chi connectivity index (χ2n) is 6.81. The number of hydrogen-bond acceptors (Lipinski definition) is 2. The molecule has 1 atom stereocenters. The number of likely N-dealkylation sites (tertiary alicyclic amines) is 1. The van der Waals surface area contributed by atoms with E-state index in [1.807, 2.05) is 6.07 Å². The van der Waals surface area contributed by atoms with E-state index in [0.717, 1.165) is 31.0 Å². The summed E-state index contributed by atoms with van der Waals surface area (Å²) in [6, 6.07) is 7.29. The molecule has 1 heterocycles. The van der Waals surface area contributed by atoms with Crippen molar-refractivity contribution in [2.75, 3.05) is 33.2 Å². The average Bonchev–Trinajstić information content (AvgIpc) is 3.07. The van der Waals surface area contributed by atoms with Gasteiger partial charge in [-0.1, -0.05) is 26.0 Å². The van der Waals surface area contributed by atoms with Crippen LogP contribution < -0.4 is 10.6 Å². The summed E-state index contributed by atoms with van der Waals surface area (Å²) >= 11 is 0. The summed E-state index contributed by atoms with van der Waals surface area (Å²) in [4.78, 5) is 6.88. The lowest BCUT2D eigenvalue weighted by molar-refractivity contribution is 0.192. The third kappa shape index (κ3) is 7.48. The molecule has 1 aromatic carbocycles. The lowest BCUT2D eigenvalue weighted by Crippen LogP contribution is -2.48. The Bertz CT molecular complexity index is 530. The zero-order chi connectivity index (χ0) is 17.4. The molecule has 0 aromatic heterocycles. The van der Waals surface area contributed by atoms with Gasteiger partial charge in [-0.25, -0.2) is 4.39 Å². The minimum Gasteiger partial charge on any atom is -0.356 e. The molecule has 4 nitrogen and oxygen atoms in total. The van der Waals surface area contributed by atoms with Crippen LogP contribution >= 0.6 is 24.0 Å². The van der Waals surface area contributed by atoms with E-state index in [1.54, 1.807) is 19.2 Å². The van der Waals surface area contributed by atoms with Crippen LogP contribution in [0.25, 0.3) is 0 Å². The van der Waals surface area contributed by atoms with Crippen molar-refractivity contribution in [3.05, 3.63) is 35.6 Å². The fourth-order valence-corrected chi connectivity index (χ4v) is 3.30. The molecule has 0 radical (unpaired) electrons. The Morgan fingerprint density at radius 3 is 2.56 bits per heavy atom. The van der Waals surface area contributed by atoms with Gasteiger partial charge in [-0.3, -0.25) is 9.89 Å². The maximum atomic E-state index is 13.2. The van der Waals surface area contributed by atoms with Crippen molar-refractivity contribution in [1.29, 1.82) is 0 Å². The van der Waals surface area contributed by atoms with Gasteiger partial charge in [-0.2, -0.15) is 0 Å². The summed E-state index contributed by atoms with van der Waals surface area (Å²) in [7, 11) is 1.79. The van der Waals surface area contributed by atoms with Gasteiger partial charge in [0, 0.05) is 26.2 Å². The summed E-state index contributed by atoms with van der Waals surface area (Å²) in [5, 5.41) is 6.77. The second kappa shape index (κ2) is 11.7. The van der Waals surface area contributed by atoms with Crippen LogP contribution in [-0.4, -0.2) is 50.1 Å². The summed E-state index contributed by atoms with van der Waals surface area (Å²) in [6.07, 6.45) is 3.39. The zero-order valence-electron chi connectivity index (χ0n) is 15.6. The largest absolute Gasteiger partial charge is 0.356 e. The van der Waals surface area contributed by atoms with Crippen molar-refractivity contribution in [2.24, 2.45) is 10.9 Å². The first-order valence-electron chi connectivity index (χ1n) is 9.03. The summed E-state index contributed by atoms with van der Waals surface area (Å²) in [5.41, 5.74) is 0.995. The third-order valence-electron chi connectivity index (χ3n) is 4.68. The first-order chi connectivity index (χ1) is 11.6. The SMILES string of the molecule is CN=C(NCCc1cccc(F)c1)NCC(C(C)C)N1CCCC1.I. The van der Waals surface area contributed by atoms with Gasteiger partial charge in [0.15, 0.2) is 5.96 Å². The Labute approximate surface area is 168 Å². The zero-order valence-corrected chi connectivity index (χ0v) is 17.9. The highest BCUT2D eigenvalue weighted by molar-refractivity contribution is 14.0. The molecule has 0 bridgehead atoms. The highest BCUT2D eigenvalue weighted by atomic mass is 127. The quantitative estimate of drug-likeness (QED) is 0.371. The van der Waals surface area contributed by atoms with Gasteiger partial charge in [-0.15, -0.1) is 24.0 Å². The van der Waals surface area contributed by atoms with Gasteiger partial charge in [0.2, 0.25) is 0 Å². The van der Waals surface area contributed by atoms with Crippen LogP contribution in [-0.2, 0) is 6.42 Å². The summed E-state index contributed by atoms with van der Waals surface area (Å²) in [5.74, 6) is 1.25. The van der Waals surface area contributed by atoms with E-state index < -0.39 is 0 Å². The van der Waals surface area contributed by atoms with Gasteiger partial charge >= 0.3 is 0 Å². The Balaban J connectivity index is 0.00000312. The van der Waals surface area contributed by atoms with Crippen LogP contribution in [0.3, 0.4) is 0 Å². The minimum absolute atomic E-state index is 0. The topological polar surface area (TPSA) is 39.7 Å². The molecule has 0 amide bonds. The normalized spacial score (nSPS) is 16.6. The van der Waals surface area contributed by atoms with Crippen LogP contribution in [0.5, 0.6) is 0 Å². The highest BCUT2D eigenvalue weighted by Gasteiger charge is 2.24. The van der Waals surface area contributed by atoms with Crippen LogP contribution in [0.1, 0.15) is 32.3 Å². The van der Waals surface area contributed by atoms with E-state index in [9.17, 15) is 4.39 Å². The number of aliphatic imine (C=N–C) groups is 1. The Morgan fingerprint density at radius 2 is 1.96 bits per heavy atom. The molecule has 1 saturated heterocycles. The molecule has 25 heavy (non-hydrogen) atoms. The van der Waals surface area contributed by atoms with E-state index >= 15 is 0 Å². The first-order valence-corrected chi connectivity index (χ1v) is 9.03. The average molecular weight is 462 g/mol. The lowest BCUT2D eigenvalue weighted by Gasteiger charge is -2.31. The molecular formula is C19H32FIN4. The molecule has 2 rings (SSSR count). The molecule has 142 valence electrons. The monoisotopic (exact) mass is 462 g/mol. The van der Waals surface area contributed by atoms with E-state index in [2.05, 4.69) is 34.4 Å². The van der Waals surface area contributed by atoms with E-state index in [-0.39, 0.29) is 29.8 Å². The number of benzene rings is 1. The van der Waals surface area contributed by atoms with Gasteiger partial charge in [-0.05, 0) is 56.0 Å². The predicted molar refractivity (Wildman–Crippen MR) is 114 cm³/mol. The van der Waals surface area contributed by atoms with Gasteiger partial charge < -0.3 is 10.6 Å². The fraction of sp³-hybridized carbons (Fsp3) is 0.632. The lowest BCUT2D eigenvalue weighted by atomic mass is 10.0. The first kappa shape index (κ1) is 22.2. The third-order valence-corrected chi connectivity index (χ3v) is 4.68. The van der Waals surface area contributed by atoms with E-state index in [4.69, 9.17) is 0 Å². The molecule has 0 aliphatic carbocycles.